The van der Waals surface area contributed by atoms with Crippen LogP contribution >= 0.6 is 0 Å². The third kappa shape index (κ3) is 11.2. The van der Waals surface area contributed by atoms with Crippen molar-refractivity contribution in [2.45, 2.75) is 57.3 Å². The summed E-state index contributed by atoms with van der Waals surface area (Å²) in [5, 5.41) is 0.364. The van der Waals surface area contributed by atoms with Crippen LogP contribution in [0.15, 0.2) is 179 Å². The molecule has 5 atom stereocenters. The fraction of sp³-hybridized carbons (Fsp3) is 0.189. The molecular formula is C53H44O14. The van der Waals surface area contributed by atoms with Gasteiger partial charge in [-0.15, -0.1) is 0 Å². The minimum absolute atomic E-state index is 0.0286. The monoisotopic (exact) mass is 904 g/mol. The smallest absolute Gasteiger partial charge is 0.383 e. The van der Waals surface area contributed by atoms with Crippen molar-refractivity contribution in [3.8, 4) is 17.2 Å². The summed E-state index contributed by atoms with van der Waals surface area (Å²) in [4.78, 5) is 68.9. The van der Waals surface area contributed by atoms with E-state index in [1.54, 1.807) is 105 Å². The van der Waals surface area contributed by atoms with Gasteiger partial charge in [0.05, 0.1) is 33.7 Å². The first kappa shape index (κ1) is 45.3. The zero-order chi connectivity index (χ0) is 46.7. The Hall–Kier alpha value is -8.23. The van der Waals surface area contributed by atoms with Gasteiger partial charge in [0.2, 0.25) is 18.1 Å². The Morgan fingerprint density at radius 3 is 1.55 bits per heavy atom. The van der Waals surface area contributed by atoms with Crippen molar-refractivity contribution >= 4 is 34.8 Å². The first-order valence-electron chi connectivity index (χ1n) is 21.4. The molecule has 2 heterocycles. The van der Waals surface area contributed by atoms with Crippen molar-refractivity contribution in [1.29, 1.82) is 0 Å². The van der Waals surface area contributed by atoms with Crippen LogP contribution in [0.2, 0.25) is 0 Å². The van der Waals surface area contributed by atoms with Gasteiger partial charge in [0.15, 0.2) is 18.0 Å². The van der Waals surface area contributed by atoms with E-state index in [1.807, 2.05) is 30.3 Å². The molecule has 7 aromatic rings. The Morgan fingerprint density at radius 1 is 0.552 bits per heavy atom. The molecule has 1 saturated heterocycles. The van der Waals surface area contributed by atoms with Crippen molar-refractivity contribution in [3.05, 3.63) is 208 Å². The van der Waals surface area contributed by atoms with Gasteiger partial charge in [0, 0.05) is 6.07 Å². The summed E-state index contributed by atoms with van der Waals surface area (Å²) >= 11 is 0. The summed E-state index contributed by atoms with van der Waals surface area (Å²) in [6, 6.07) is 46.1. The Morgan fingerprint density at radius 2 is 1.03 bits per heavy atom. The van der Waals surface area contributed by atoms with Crippen LogP contribution in [0.25, 0.3) is 11.0 Å². The number of carbonyl (C=O) groups is 4. The van der Waals surface area contributed by atoms with Crippen molar-refractivity contribution in [2.24, 2.45) is 0 Å². The number of ether oxygens (including phenoxy) is 8. The van der Waals surface area contributed by atoms with Gasteiger partial charge >= 0.3 is 29.5 Å². The van der Waals surface area contributed by atoms with Gasteiger partial charge in [-0.3, -0.25) is 0 Å². The first-order chi connectivity index (χ1) is 32.6. The normalized spacial score (nSPS) is 17.7. The minimum Gasteiger partial charge on any atom is -0.484 e. The number of esters is 4. The van der Waals surface area contributed by atoms with E-state index >= 15 is 0 Å². The van der Waals surface area contributed by atoms with Gasteiger partial charge in [0.1, 0.15) is 30.7 Å². The van der Waals surface area contributed by atoms with E-state index in [0.717, 1.165) is 5.56 Å². The molecule has 0 N–H and O–H groups in total. The van der Waals surface area contributed by atoms with Crippen molar-refractivity contribution < 1.29 is 61.5 Å². The van der Waals surface area contributed by atoms with Crippen LogP contribution in [0.3, 0.4) is 0 Å². The topological polar surface area (TPSA) is 172 Å². The molecule has 14 heteroatoms. The summed E-state index contributed by atoms with van der Waals surface area (Å²) in [5.74, 6) is -3.28. The molecule has 0 radical (unpaired) electrons. The van der Waals surface area contributed by atoms with Gasteiger partial charge in [-0.25, -0.2) is 24.0 Å². The molecule has 0 amide bonds. The van der Waals surface area contributed by atoms with Crippen LogP contribution in [-0.4, -0.2) is 67.3 Å². The molecular weight excluding hydrogens is 861 g/mol. The molecule has 67 heavy (non-hydrogen) atoms. The molecule has 0 aliphatic carbocycles. The summed E-state index contributed by atoms with van der Waals surface area (Å²) < 4.78 is 55.1. The lowest BCUT2D eigenvalue weighted by Gasteiger charge is -2.44. The second kappa shape index (κ2) is 21.2. The largest absolute Gasteiger partial charge is 0.484 e. The zero-order valence-electron chi connectivity index (χ0n) is 36.3. The van der Waals surface area contributed by atoms with Crippen LogP contribution in [0.5, 0.6) is 17.2 Å². The van der Waals surface area contributed by atoms with Crippen LogP contribution < -0.4 is 19.8 Å². The second-order valence-electron chi connectivity index (χ2n) is 15.5. The number of fused-ring (bicyclic) bond motifs is 1. The van der Waals surface area contributed by atoms with Crippen molar-refractivity contribution in [1.82, 2.24) is 0 Å². The summed E-state index contributed by atoms with van der Waals surface area (Å²) in [5.41, 5.74) is 0.656. The van der Waals surface area contributed by atoms with E-state index in [0.29, 0.717) is 5.39 Å². The number of hydrogen-bond donors (Lipinski definition) is 0. The van der Waals surface area contributed by atoms with Crippen LogP contribution in [-0.2, 0) is 30.3 Å². The van der Waals surface area contributed by atoms with Crippen molar-refractivity contribution in [2.75, 3.05) is 6.61 Å². The molecule has 0 bridgehead atoms. The fourth-order valence-electron chi connectivity index (χ4n) is 7.18. The number of rotatable bonds is 16. The highest BCUT2D eigenvalue weighted by atomic mass is 16.7. The maximum atomic E-state index is 14.1. The lowest BCUT2D eigenvalue weighted by atomic mass is 9.97. The Labute approximate surface area is 384 Å². The molecule has 1 aromatic heterocycles. The van der Waals surface area contributed by atoms with E-state index in [1.165, 1.54) is 48.5 Å². The van der Waals surface area contributed by atoms with Gasteiger partial charge < -0.3 is 42.3 Å². The highest BCUT2D eigenvalue weighted by Crippen LogP contribution is 2.38. The summed E-state index contributed by atoms with van der Waals surface area (Å²) in [6.45, 7) is 3.07. The number of benzene rings is 6. The minimum atomic E-state index is -1.68. The molecule has 0 spiro atoms. The number of hydrogen-bond acceptors (Lipinski definition) is 14. The van der Waals surface area contributed by atoms with E-state index < -0.39 is 72.9 Å². The van der Waals surface area contributed by atoms with Crippen molar-refractivity contribution in [3.63, 3.8) is 0 Å². The van der Waals surface area contributed by atoms with E-state index in [4.69, 9.17) is 42.3 Å². The van der Waals surface area contributed by atoms with Crippen LogP contribution in [0.1, 0.15) is 60.8 Å². The lowest BCUT2D eigenvalue weighted by molar-refractivity contribution is -0.275. The summed E-state index contributed by atoms with van der Waals surface area (Å²) in [6.07, 6.45) is -8.42. The molecule has 14 nitrogen and oxygen atoms in total. The van der Waals surface area contributed by atoms with E-state index in [9.17, 15) is 24.0 Å². The zero-order valence-corrected chi connectivity index (χ0v) is 36.3. The standard InChI is InChI=1S/C53H44O14/c1-33(2)61-46-43(59-31-34-18-8-3-9-19-34)40-29-28-39(30-41(40)63-52(46)58)62-53-47(67-51(57)38-26-16-7-17-27-38)45(66-50(56)37-24-14-6-15-25-37)44(65-49(55)36-22-12-5-13-23-36)42(64-53)32-60-48(54)35-20-10-4-11-21-35/h3-30,33,42,44-45,47,53H,31-32H2,1-2H3/t42-,44-,45+,47-,53-/m1/s1. The van der Waals surface area contributed by atoms with Gasteiger partial charge in [-0.05, 0) is 80.1 Å². The van der Waals surface area contributed by atoms with E-state index in [-0.39, 0.29) is 51.7 Å². The van der Waals surface area contributed by atoms with Gasteiger partial charge in [-0.1, -0.05) is 103 Å². The quantitative estimate of drug-likeness (QED) is 0.0512. The predicted octanol–water partition coefficient (Wildman–Crippen LogP) is 8.80. The van der Waals surface area contributed by atoms with Crippen LogP contribution in [0.4, 0.5) is 0 Å². The SMILES string of the molecule is CC(C)Oc1c(OCc2ccccc2)c2ccc(O[C@@H]3O[C@H](COC(=O)c4ccccc4)[C@@H](OC(=O)c4ccccc4)[C@H](OC(=O)c4ccccc4)[C@H]3OC(=O)c3ccccc3)cc2oc1=O. The molecule has 0 saturated carbocycles. The Bertz CT molecular complexity index is 2850. The predicted molar refractivity (Wildman–Crippen MR) is 242 cm³/mol. The highest BCUT2D eigenvalue weighted by molar-refractivity contribution is 5.92. The molecule has 0 unspecified atom stereocenters. The Balaban J connectivity index is 1.21. The molecule has 1 fully saturated rings. The average Bonchev–Trinajstić information content (AvgIpc) is 3.36. The first-order valence-corrected chi connectivity index (χ1v) is 21.4. The molecule has 1 aliphatic rings. The Kier molecular flexibility index (Phi) is 14.3. The summed E-state index contributed by atoms with van der Waals surface area (Å²) in [7, 11) is 0. The average molecular weight is 905 g/mol. The van der Waals surface area contributed by atoms with Crippen LogP contribution in [0, 0.1) is 0 Å². The van der Waals surface area contributed by atoms with E-state index in [2.05, 4.69) is 0 Å². The van der Waals surface area contributed by atoms with Gasteiger partial charge in [-0.2, -0.15) is 0 Å². The third-order valence-electron chi connectivity index (χ3n) is 10.4. The lowest BCUT2D eigenvalue weighted by Crippen LogP contribution is -2.63. The molecule has 8 rings (SSSR count). The second-order valence-corrected chi connectivity index (χ2v) is 15.5. The molecule has 1 aliphatic heterocycles. The number of carbonyl (C=O) groups excluding carboxylic acids is 4. The van der Waals surface area contributed by atoms with Gasteiger partial charge in [0.25, 0.3) is 0 Å². The highest BCUT2D eigenvalue weighted by Gasteiger charge is 2.54. The molecule has 340 valence electrons. The molecule has 6 aromatic carbocycles. The fourth-order valence-corrected chi connectivity index (χ4v) is 7.18. The third-order valence-corrected chi connectivity index (χ3v) is 10.4. The maximum Gasteiger partial charge on any atom is 0.383 e. The maximum absolute atomic E-state index is 14.1.